The Morgan fingerprint density at radius 2 is 1.88 bits per heavy atom. The van der Waals surface area contributed by atoms with E-state index in [1.165, 1.54) is 30.5 Å². The highest BCUT2D eigenvalue weighted by Gasteiger charge is 2.10. The lowest BCUT2D eigenvalue weighted by Gasteiger charge is -2.06. The standard InChI is InChI=1S/C18H15N3O4/c1-25-16-4-2-3-15(9-16)20-11-13(10-19)17(22)21-14-7-5-12(6-8-14)18(23)24/h2-9,11,20H,1H3,(H,21,22)(H,23,24)/b13-11-. The zero-order valence-electron chi connectivity index (χ0n) is 13.3. The molecule has 0 bridgehead atoms. The number of benzene rings is 2. The van der Waals surface area contributed by atoms with Crippen LogP contribution in [-0.4, -0.2) is 24.1 Å². The molecule has 0 unspecified atom stereocenters. The highest BCUT2D eigenvalue weighted by molar-refractivity contribution is 6.06. The van der Waals surface area contributed by atoms with Crippen LogP contribution in [0.4, 0.5) is 11.4 Å². The van der Waals surface area contributed by atoms with Crippen LogP contribution in [0.2, 0.25) is 0 Å². The van der Waals surface area contributed by atoms with Crippen molar-refractivity contribution in [2.45, 2.75) is 0 Å². The van der Waals surface area contributed by atoms with Crippen LogP contribution < -0.4 is 15.4 Å². The Labute approximate surface area is 144 Å². The lowest BCUT2D eigenvalue weighted by atomic mass is 10.2. The van der Waals surface area contributed by atoms with Gasteiger partial charge in [0.05, 0.1) is 12.7 Å². The van der Waals surface area contributed by atoms with E-state index >= 15 is 0 Å². The molecule has 0 heterocycles. The fraction of sp³-hybridized carbons (Fsp3) is 0.0556. The van der Waals surface area contributed by atoms with Crippen molar-refractivity contribution in [1.82, 2.24) is 0 Å². The second kappa shape index (κ2) is 8.17. The zero-order chi connectivity index (χ0) is 18.2. The van der Waals surface area contributed by atoms with Crippen molar-refractivity contribution in [2.24, 2.45) is 0 Å². The topological polar surface area (TPSA) is 111 Å². The number of amides is 1. The predicted molar refractivity (Wildman–Crippen MR) is 92.3 cm³/mol. The zero-order valence-corrected chi connectivity index (χ0v) is 13.3. The maximum atomic E-state index is 12.1. The van der Waals surface area contributed by atoms with Crippen LogP contribution in [0.15, 0.2) is 60.3 Å². The summed E-state index contributed by atoms with van der Waals surface area (Å²) < 4.78 is 5.09. The van der Waals surface area contributed by atoms with Gasteiger partial charge in [-0.1, -0.05) is 6.07 Å². The van der Waals surface area contributed by atoms with Gasteiger partial charge < -0.3 is 20.5 Å². The van der Waals surface area contributed by atoms with Crippen LogP contribution in [-0.2, 0) is 4.79 Å². The first-order valence-electron chi connectivity index (χ1n) is 7.19. The molecule has 0 aliphatic carbocycles. The van der Waals surface area contributed by atoms with Crippen molar-refractivity contribution in [3.63, 3.8) is 0 Å². The van der Waals surface area contributed by atoms with E-state index in [0.29, 0.717) is 17.1 Å². The van der Waals surface area contributed by atoms with Crippen LogP contribution in [0.1, 0.15) is 10.4 Å². The number of aromatic carboxylic acids is 1. The molecular weight excluding hydrogens is 322 g/mol. The van der Waals surface area contributed by atoms with E-state index in [9.17, 15) is 9.59 Å². The number of rotatable bonds is 6. The number of nitrogens with zero attached hydrogens (tertiary/aromatic N) is 1. The average Bonchev–Trinajstić information content (AvgIpc) is 2.63. The summed E-state index contributed by atoms with van der Waals surface area (Å²) in [4.78, 5) is 22.9. The summed E-state index contributed by atoms with van der Waals surface area (Å²) in [6, 6.07) is 14.5. The van der Waals surface area contributed by atoms with Gasteiger partial charge in [-0.2, -0.15) is 5.26 Å². The van der Waals surface area contributed by atoms with Crippen LogP contribution in [0, 0.1) is 11.3 Å². The first-order chi connectivity index (χ1) is 12.0. The number of carbonyl (C=O) groups excluding carboxylic acids is 1. The average molecular weight is 337 g/mol. The number of nitriles is 1. The molecule has 0 aliphatic rings. The molecule has 2 aromatic rings. The monoisotopic (exact) mass is 337 g/mol. The van der Waals surface area contributed by atoms with E-state index in [4.69, 9.17) is 15.1 Å². The van der Waals surface area contributed by atoms with Crippen molar-refractivity contribution >= 4 is 23.3 Å². The van der Waals surface area contributed by atoms with Crippen LogP contribution >= 0.6 is 0 Å². The van der Waals surface area contributed by atoms with Gasteiger partial charge in [-0.25, -0.2) is 4.79 Å². The number of methoxy groups -OCH3 is 1. The van der Waals surface area contributed by atoms with Crippen molar-refractivity contribution in [2.75, 3.05) is 17.7 Å². The molecule has 126 valence electrons. The summed E-state index contributed by atoms with van der Waals surface area (Å²) in [5.41, 5.74) is 1.02. The number of carbonyl (C=O) groups is 2. The molecule has 2 rings (SSSR count). The van der Waals surface area contributed by atoms with Gasteiger partial charge in [-0.05, 0) is 36.4 Å². The molecule has 1 amide bonds. The van der Waals surface area contributed by atoms with Gasteiger partial charge in [0, 0.05) is 23.6 Å². The first kappa shape index (κ1) is 17.6. The summed E-state index contributed by atoms with van der Waals surface area (Å²) in [7, 11) is 1.54. The Morgan fingerprint density at radius 3 is 2.48 bits per heavy atom. The molecule has 0 aliphatic heterocycles. The first-order valence-corrected chi connectivity index (χ1v) is 7.19. The van der Waals surface area contributed by atoms with E-state index in [1.54, 1.807) is 31.4 Å². The Bertz CT molecular complexity index is 851. The van der Waals surface area contributed by atoms with Crippen molar-refractivity contribution in [3.05, 3.63) is 65.9 Å². The third-order valence-corrected chi connectivity index (χ3v) is 3.21. The Morgan fingerprint density at radius 1 is 1.16 bits per heavy atom. The van der Waals surface area contributed by atoms with E-state index in [-0.39, 0.29) is 11.1 Å². The largest absolute Gasteiger partial charge is 0.497 e. The number of carboxylic acids is 1. The van der Waals surface area contributed by atoms with Gasteiger partial charge in [0.15, 0.2) is 0 Å². The molecule has 0 spiro atoms. The number of carboxylic acid groups (broad SMARTS) is 1. The Kier molecular flexibility index (Phi) is 5.74. The van der Waals surface area contributed by atoms with E-state index < -0.39 is 11.9 Å². The maximum absolute atomic E-state index is 12.1. The van der Waals surface area contributed by atoms with Crippen LogP contribution in [0.5, 0.6) is 5.75 Å². The molecular formula is C18H15N3O4. The second-order valence-corrected chi connectivity index (χ2v) is 4.88. The fourth-order valence-corrected chi connectivity index (χ4v) is 1.91. The van der Waals surface area contributed by atoms with Gasteiger partial charge in [0.1, 0.15) is 17.4 Å². The maximum Gasteiger partial charge on any atom is 0.335 e. The predicted octanol–water partition coefficient (Wildman–Crippen LogP) is 2.85. The molecule has 0 aromatic heterocycles. The molecule has 7 heteroatoms. The summed E-state index contributed by atoms with van der Waals surface area (Å²) in [5, 5.41) is 23.4. The molecule has 0 atom stereocenters. The Hall–Kier alpha value is -3.79. The van der Waals surface area contributed by atoms with E-state index in [0.717, 1.165) is 0 Å². The SMILES string of the molecule is COc1cccc(N/C=C(/C#N)C(=O)Nc2ccc(C(=O)O)cc2)c1. The minimum atomic E-state index is -1.06. The normalized spacial score (nSPS) is 10.5. The van der Waals surface area contributed by atoms with Gasteiger partial charge in [-0.3, -0.25) is 4.79 Å². The number of hydrogen-bond acceptors (Lipinski definition) is 5. The molecule has 3 N–H and O–H groups in total. The highest BCUT2D eigenvalue weighted by atomic mass is 16.5. The van der Waals surface area contributed by atoms with Crippen molar-refractivity contribution in [3.8, 4) is 11.8 Å². The van der Waals surface area contributed by atoms with E-state index in [1.807, 2.05) is 6.07 Å². The van der Waals surface area contributed by atoms with Crippen LogP contribution in [0.3, 0.4) is 0 Å². The van der Waals surface area contributed by atoms with Gasteiger partial charge in [-0.15, -0.1) is 0 Å². The smallest absolute Gasteiger partial charge is 0.335 e. The van der Waals surface area contributed by atoms with Gasteiger partial charge in [0.25, 0.3) is 5.91 Å². The van der Waals surface area contributed by atoms with E-state index in [2.05, 4.69) is 10.6 Å². The number of hydrogen-bond donors (Lipinski definition) is 3. The molecule has 0 radical (unpaired) electrons. The van der Waals surface area contributed by atoms with Gasteiger partial charge >= 0.3 is 5.97 Å². The third-order valence-electron chi connectivity index (χ3n) is 3.21. The number of ether oxygens (including phenoxy) is 1. The minimum absolute atomic E-state index is 0.105. The molecule has 0 saturated heterocycles. The second-order valence-electron chi connectivity index (χ2n) is 4.88. The molecule has 0 fully saturated rings. The Balaban J connectivity index is 2.07. The highest BCUT2D eigenvalue weighted by Crippen LogP contribution is 2.17. The molecule has 0 saturated carbocycles. The summed E-state index contributed by atoms with van der Waals surface area (Å²) in [5.74, 6) is -1.03. The fourth-order valence-electron chi connectivity index (χ4n) is 1.91. The minimum Gasteiger partial charge on any atom is -0.497 e. The lowest BCUT2D eigenvalue weighted by molar-refractivity contribution is -0.112. The summed E-state index contributed by atoms with van der Waals surface area (Å²) in [6.07, 6.45) is 1.29. The number of anilines is 2. The quantitative estimate of drug-likeness (QED) is 0.552. The summed E-state index contributed by atoms with van der Waals surface area (Å²) >= 11 is 0. The lowest BCUT2D eigenvalue weighted by Crippen LogP contribution is -2.14. The van der Waals surface area contributed by atoms with Crippen molar-refractivity contribution in [1.29, 1.82) is 5.26 Å². The molecule has 2 aromatic carbocycles. The van der Waals surface area contributed by atoms with Crippen LogP contribution in [0.25, 0.3) is 0 Å². The third kappa shape index (κ3) is 4.84. The summed E-state index contributed by atoms with van der Waals surface area (Å²) in [6.45, 7) is 0. The molecule has 25 heavy (non-hydrogen) atoms. The van der Waals surface area contributed by atoms with Crippen molar-refractivity contribution < 1.29 is 19.4 Å². The van der Waals surface area contributed by atoms with Gasteiger partial charge in [0.2, 0.25) is 0 Å². The number of nitrogens with one attached hydrogen (secondary N) is 2. The molecule has 7 nitrogen and oxygen atoms in total.